The van der Waals surface area contributed by atoms with Crippen LogP contribution in [0.5, 0.6) is 0 Å². The van der Waals surface area contributed by atoms with Crippen LogP contribution in [0.2, 0.25) is 0 Å². The second kappa shape index (κ2) is 5.56. The lowest BCUT2D eigenvalue weighted by molar-refractivity contribution is 0.00584. The summed E-state index contributed by atoms with van der Waals surface area (Å²) in [6.07, 6.45) is 3.80. The Morgan fingerprint density at radius 3 is 2.18 bits per heavy atom. The smallest absolute Gasteiger partial charge is 0.410 e. The van der Waals surface area contributed by atoms with Crippen LogP contribution in [0.1, 0.15) is 57.9 Å². The Bertz CT molecular complexity index is 535. The maximum atomic E-state index is 13.1. The third-order valence-electron chi connectivity index (χ3n) is 4.68. The molecule has 3 atom stereocenters. The molecule has 0 saturated carbocycles. The van der Waals surface area contributed by atoms with E-state index < -0.39 is 5.60 Å². The molecule has 2 saturated heterocycles. The van der Waals surface area contributed by atoms with Crippen molar-refractivity contribution in [2.75, 3.05) is 0 Å². The molecule has 0 aliphatic carbocycles. The molecule has 0 radical (unpaired) electrons. The van der Waals surface area contributed by atoms with Crippen LogP contribution in [0.15, 0.2) is 24.3 Å². The fraction of sp³-hybridized carbons (Fsp3) is 0.611. The Morgan fingerprint density at radius 1 is 1.14 bits per heavy atom. The fourth-order valence-corrected chi connectivity index (χ4v) is 3.80. The van der Waals surface area contributed by atoms with E-state index in [9.17, 15) is 9.18 Å². The molecule has 3 nitrogen and oxygen atoms in total. The second-order valence-electron chi connectivity index (χ2n) is 7.49. The monoisotopic (exact) mass is 305 g/mol. The third-order valence-corrected chi connectivity index (χ3v) is 4.68. The van der Waals surface area contributed by atoms with E-state index in [4.69, 9.17) is 4.74 Å². The highest BCUT2D eigenvalue weighted by molar-refractivity contribution is 5.69. The van der Waals surface area contributed by atoms with E-state index >= 15 is 0 Å². The Hall–Kier alpha value is -1.58. The van der Waals surface area contributed by atoms with Crippen LogP contribution in [0.3, 0.4) is 0 Å². The number of rotatable bonds is 1. The Labute approximate surface area is 131 Å². The van der Waals surface area contributed by atoms with Gasteiger partial charge in [-0.2, -0.15) is 0 Å². The van der Waals surface area contributed by atoms with E-state index in [-0.39, 0.29) is 24.0 Å². The summed E-state index contributed by atoms with van der Waals surface area (Å²) in [5.74, 6) is 0.217. The molecule has 2 heterocycles. The van der Waals surface area contributed by atoms with Crippen LogP contribution in [-0.2, 0) is 4.74 Å². The standard InChI is InChI=1S/C18H24FNO2/c1-18(2,3)22-17(21)20-15-8-9-16(20)11-13(10-15)12-4-6-14(19)7-5-12/h4-7,13,15-16H,8-11H2,1-3H3/t13?,15-,16+. The number of piperidine rings is 1. The topological polar surface area (TPSA) is 29.5 Å². The van der Waals surface area contributed by atoms with Crippen molar-refractivity contribution in [2.45, 2.75) is 70.1 Å². The molecule has 0 spiro atoms. The van der Waals surface area contributed by atoms with Gasteiger partial charge in [0, 0.05) is 12.1 Å². The number of hydrogen-bond acceptors (Lipinski definition) is 2. The molecule has 1 amide bonds. The van der Waals surface area contributed by atoms with Crippen molar-refractivity contribution in [1.82, 2.24) is 4.90 Å². The normalized spacial score (nSPS) is 27.8. The van der Waals surface area contributed by atoms with Crippen molar-refractivity contribution < 1.29 is 13.9 Å². The highest BCUT2D eigenvalue weighted by atomic mass is 19.1. The number of ether oxygens (including phenoxy) is 1. The molecule has 3 rings (SSSR count). The molecule has 0 aromatic heterocycles. The van der Waals surface area contributed by atoms with Gasteiger partial charge in [0.25, 0.3) is 0 Å². The molecule has 120 valence electrons. The summed E-state index contributed by atoms with van der Waals surface area (Å²) in [5, 5.41) is 0. The molecule has 22 heavy (non-hydrogen) atoms. The number of amides is 1. The van der Waals surface area contributed by atoms with Gasteiger partial charge >= 0.3 is 6.09 Å². The van der Waals surface area contributed by atoms with E-state index in [2.05, 4.69) is 0 Å². The molecular formula is C18H24FNO2. The first-order chi connectivity index (χ1) is 10.3. The zero-order valence-corrected chi connectivity index (χ0v) is 13.5. The number of carbonyl (C=O) groups excluding carboxylic acids is 1. The van der Waals surface area contributed by atoms with Crippen molar-refractivity contribution in [3.8, 4) is 0 Å². The van der Waals surface area contributed by atoms with Crippen LogP contribution in [0, 0.1) is 5.82 Å². The van der Waals surface area contributed by atoms with Gasteiger partial charge in [-0.05, 0) is 70.1 Å². The molecule has 0 N–H and O–H groups in total. The van der Waals surface area contributed by atoms with Crippen molar-refractivity contribution in [1.29, 1.82) is 0 Å². The predicted molar refractivity (Wildman–Crippen MR) is 83.3 cm³/mol. The lowest BCUT2D eigenvalue weighted by atomic mass is 9.85. The van der Waals surface area contributed by atoms with Crippen LogP contribution < -0.4 is 0 Å². The highest BCUT2D eigenvalue weighted by Gasteiger charge is 2.45. The van der Waals surface area contributed by atoms with E-state index in [1.807, 2.05) is 37.8 Å². The van der Waals surface area contributed by atoms with Gasteiger partial charge in [0.05, 0.1) is 0 Å². The van der Waals surface area contributed by atoms with Crippen molar-refractivity contribution >= 4 is 6.09 Å². The Balaban J connectivity index is 1.71. The number of benzene rings is 1. The number of fused-ring (bicyclic) bond motifs is 2. The number of halogens is 1. The first-order valence-corrected chi connectivity index (χ1v) is 8.10. The van der Waals surface area contributed by atoms with Crippen LogP contribution in [-0.4, -0.2) is 28.7 Å². The van der Waals surface area contributed by atoms with E-state index in [0.717, 1.165) is 25.7 Å². The third kappa shape index (κ3) is 3.11. The van der Waals surface area contributed by atoms with Gasteiger partial charge in [-0.1, -0.05) is 12.1 Å². The Morgan fingerprint density at radius 2 is 1.68 bits per heavy atom. The number of nitrogens with zero attached hydrogens (tertiary/aromatic N) is 1. The lowest BCUT2D eigenvalue weighted by Crippen LogP contribution is -2.48. The first kappa shape index (κ1) is 15.3. The fourth-order valence-electron chi connectivity index (χ4n) is 3.80. The van der Waals surface area contributed by atoms with Gasteiger partial charge in [-0.3, -0.25) is 0 Å². The maximum Gasteiger partial charge on any atom is 0.410 e. The Kier molecular flexibility index (Phi) is 3.87. The van der Waals surface area contributed by atoms with Crippen LogP contribution in [0.25, 0.3) is 0 Å². The van der Waals surface area contributed by atoms with Crippen molar-refractivity contribution in [3.63, 3.8) is 0 Å². The van der Waals surface area contributed by atoms with E-state index in [0.29, 0.717) is 5.92 Å². The van der Waals surface area contributed by atoms with Crippen LogP contribution in [0.4, 0.5) is 9.18 Å². The molecular weight excluding hydrogens is 281 g/mol. The zero-order chi connectivity index (χ0) is 15.9. The minimum absolute atomic E-state index is 0.183. The maximum absolute atomic E-state index is 13.1. The molecule has 1 unspecified atom stereocenters. The van der Waals surface area contributed by atoms with E-state index in [1.165, 1.54) is 17.7 Å². The van der Waals surface area contributed by atoms with Gasteiger partial charge in [0.15, 0.2) is 0 Å². The van der Waals surface area contributed by atoms with Gasteiger partial charge in [-0.25, -0.2) is 9.18 Å². The molecule has 1 aromatic rings. The average molecular weight is 305 g/mol. The van der Waals surface area contributed by atoms with Gasteiger partial charge in [-0.15, -0.1) is 0 Å². The molecule has 2 aliphatic rings. The molecule has 2 aliphatic heterocycles. The number of carbonyl (C=O) groups is 1. The molecule has 4 heteroatoms. The molecule has 1 aromatic carbocycles. The first-order valence-electron chi connectivity index (χ1n) is 8.10. The summed E-state index contributed by atoms with van der Waals surface area (Å²) in [6.45, 7) is 5.70. The lowest BCUT2D eigenvalue weighted by Gasteiger charge is -2.39. The quantitative estimate of drug-likeness (QED) is 0.766. The number of hydrogen-bond donors (Lipinski definition) is 0. The minimum Gasteiger partial charge on any atom is -0.444 e. The molecule has 2 fully saturated rings. The largest absolute Gasteiger partial charge is 0.444 e. The average Bonchev–Trinajstić information content (AvgIpc) is 2.69. The zero-order valence-electron chi connectivity index (χ0n) is 13.5. The van der Waals surface area contributed by atoms with Gasteiger partial charge in [0.2, 0.25) is 0 Å². The van der Waals surface area contributed by atoms with Gasteiger partial charge in [0.1, 0.15) is 11.4 Å². The summed E-state index contributed by atoms with van der Waals surface area (Å²) in [7, 11) is 0. The van der Waals surface area contributed by atoms with Crippen molar-refractivity contribution in [3.05, 3.63) is 35.6 Å². The summed E-state index contributed by atoms with van der Waals surface area (Å²) in [6, 6.07) is 7.31. The predicted octanol–water partition coefficient (Wildman–Crippen LogP) is 4.47. The molecule has 2 bridgehead atoms. The van der Waals surface area contributed by atoms with Gasteiger partial charge < -0.3 is 9.64 Å². The highest BCUT2D eigenvalue weighted by Crippen LogP contribution is 2.43. The SMILES string of the molecule is CC(C)(C)OC(=O)N1[C@@H]2CC[C@H]1CC(c1ccc(F)cc1)C2. The minimum atomic E-state index is -0.454. The van der Waals surface area contributed by atoms with Crippen molar-refractivity contribution in [2.24, 2.45) is 0 Å². The summed E-state index contributed by atoms with van der Waals surface area (Å²) in [5.41, 5.74) is 0.728. The summed E-state index contributed by atoms with van der Waals surface area (Å²) >= 11 is 0. The van der Waals surface area contributed by atoms with Crippen LogP contribution >= 0.6 is 0 Å². The summed E-state index contributed by atoms with van der Waals surface area (Å²) in [4.78, 5) is 14.4. The second-order valence-corrected chi connectivity index (χ2v) is 7.49. The summed E-state index contributed by atoms with van der Waals surface area (Å²) < 4.78 is 18.6. The van der Waals surface area contributed by atoms with E-state index in [1.54, 1.807) is 0 Å².